The highest BCUT2D eigenvalue weighted by Crippen LogP contribution is 2.36. The molecule has 1 unspecified atom stereocenters. The lowest BCUT2D eigenvalue weighted by Crippen LogP contribution is -2.32. The van der Waals surface area contributed by atoms with Gasteiger partial charge in [-0.1, -0.05) is 32.0 Å². The molecule has 1 fully saturated rings. The molecule has 0 radical (unpaired) electrons. The van der Waals surface area contributed by atoms with Crippen LogP contribution >= 0.6 is 0 Å². The summed E-state index contributed by atoms with van der Waals surface area (Å²) in [5.41, 5.74) is 10.1. The average molecular weight is 246 g/mol. The van der Waals surface area contributed by atoms with Gasteiger partial charge in [-0.05, 0) is 49.8 Å². The topological polar surface area (TPSA) is 29.3 Å². The predicted octanol–water partition coefficient (Wildman–Crippen LogP) is 3.44. The Bertz CT molecular complexity index is 398. The highest BCUT2D eigenvalue weighted by Gasteiger charge is 2.27. The molecule has 1 aromatic carbocycles. The Hall–Kier alpha value is -1.02. The molecule has 0 saturated carbocycles. The minimum Gasteiger partial charge on any atom is -0.368 e. The number of nitrogens with zero attached hydrogens (tertiary/aromatic N) is 1. The van der Waals surface area contributed by atoms with Crippen molar-refractivity contribution in [2.24, 2.45) is 5.73 Å². The van der Waals surface area contributed by atoms with Crippen LogP contribution in [0.5, 0.6) is 0 Å². The Morgan fingerprint density at radius 2 is 2.17 bits per heavy atom. The van der Waals surface area contributed by atoms with Crippen LogP contribution in [0.3, 0.4) is 0 Å². The standard InChI is InChI=1S/C16H26N2/c1-12(2)15-8-4-6-13(3)16(15)18-11-5-7-14(18)9-10-17/h4,6,8,12,14H,5,7,9-11,17H2,1-3H3. The molecule has 1 atom stereocenters. The van der Waals surface area contributed by atoms with Crippen LogP contribution in [0.25, 0.3) is 0 Å². The van der Waals surface area contributed by atoms with Gasteiger partial charge in [-0.3, -0.25) is 0 Å². The van der Waals surface area contributed by atoms with E-state index >= 15 is 0 Å². The van der Waals surface area contributed by atoms with Gasteiger partial charge in [0.2, 0.25) is 0 Å². The van der Waals surface area contributed by atoms with E-state index in [1.54, 1.807) is 0 Å². The van der Waals surface area contributed by atoms with Crippen LogP contribution in [0.15, 0.2) is 18.2 Å². The number of hydrogen-bond donors (Lipinski definition) is 1. The average Bonchev–Trinajstić information content (AvgIpc) is 2.77. The number of rotatable bonds is 4. The molecule has 0 amide bonds. The van der Waals surface area contributed by atoms with E-state index in [1.807, 2.05) is 0 Å². The van der Waals surface area contributed by atoms with Gasteiger partial charge in [0, 0.05) is 18.3 Å². The zero-order chi connectivity index (χ0) is 13.1. The molecule has 1 aliphatic rings. The Morgan fingerprint density at radius 3 is 2.83 bits per heavy atom. The summed E-state index contributed by atoms with van der Waals surface area (Å²) >= 11 is 0. The van der Waals surface area contributed by atoms with Crippen molar-refractivity contribution in [1.29, 1.82) is 0 Å². The molecule has 0 spiro atoms. The molecule has 1 saturated heterocycles. The molecule has 1 aromatic rings. The molecule has 0 aromatic heterocycles. The maximum absolute atomic E-state index is 5.76. The largest absolute Gasteiger partial charge is 0.368 e. The molecule has 18 heavy (non-hydrogen) atoms. The summed E-state index contributed by atoms with van der Waals surface area (Å²) < 4.78 is 0. The van der Waals surface area contributed by atoms with E-state index in [4.69, 9.17) is 5.73 Å². The number of hydrogen-bond acceptors (Lipinski definition) is 2. The summed E-state index contributed by atoms with van der Waals surface area (Å²) in [6, 6.07) is 7.35. The van der Waals surface area contributed by atoms with Gasteiger partial charge in [0.05, 0.1) is 0 Å². The quantitative estimate of drug-likeness (QED) is 0.882. The number of benzene rings is 1. The van der Waals surface area contributed by atoms with Crippen molar-refractivity contribution in [2.75, 3.05) is 18.0 Å². The van der Waals surface area contributed by atoms with Gasteiger partial charge in [0.15, 0.2) is 0 Å². The van der Waals surface area contributed by atoms with E-state index in [2.05, 4.69) is 43.9 Å². The fraction of sp³-hybridized carbons (Fsp3) is 0.625. The molecule has 2 heteroatoms. The van der Waals surface area contributed by atoms with Crippen LogP contribution in [0.1, 0.15) is 50.2 Å². The van der Waals surface area contributed by atoms with E-state index < -0.39 is 0 Å². The second kappa shape index (κ2) is 5.75. The Labute approximate surface area is 111 Å². The molecular formula is C16H26N2. The highest BCUT2D eigenvalue weighted by atomic mass is 15.2. The minimum absolute atomic E-state index is 0.582. The lowest BCUT2D eigenvalue weighted by atomic mass is 9.96. The third kappa shape index (κ3) is 2.54. The van der Waals surface area contributed by atoms with Crippen molar-refractivity contribution in [2.45, 2.75) is 52.0 Å². The summed E-state index contributed by atoms with van der Waals surface area (Å²) in [5.74, 6) is 0.582. The van der Waals surface area contributed by atoms with E-state index in [-0.39, 0.29) is 0 Å². The molecule has 1 heterocycles. The third-order valence-electron chi connectivity index (χ3n) is 4.06. The molecule has 2 nitrogen and oxygen atoms in total. The van der Waals surface area contributed by atoms with Gasteiger partial charge in [0.1, 0.15) is 0 Å². The van der Waals surface area contributed by atoms with Crippen LogP contribution in [0.2, 0.25) is 0 Å². The number of para-hydroxylation sites is 1. The second-order valence-electron chi connectivity index (χ2n) is 5.73. The van der Waals surface area contributed by atoms with Gasteiger partial charge in [-0.2, -0.15) is 0 Å². The fourth-order valence-corrected chi connectivity index (χ4v) is 3.16. The summed E-state index contributed by atoms with van der Waals surface area (Å²) in [5, 5.41) is 0. The third-order valence-corrected chi connectivity index (χ3v) is 4.06. The predicted molar refractivity (Wildman–Crippen MR) is 79.3 cm³/mol. The van der Waals surface area contributed by atoms with Gasteiger partial charge < -0.3 is 10.6 Å². The van der Waals surface area contributed by atoms with Crippen LogP contribution in [-0.2, 0) is 0 Å². The smallest absolute Gasteiger partial charge is 0.0433 e. The Balaban J connectivity index is 2.37. The fourth-order valence-electron chi connectivity index (χ4n) is 3.16. The van der Waals surface area contributed by atoms with Crippen LogP contribution in [0, 0.1) is 6.92 Å². The van der Waals surface area contributed by atoms with Crippen molar-refractivity contribution in [3.8, 4) is 0 Å². The Kier molecular flexibility index (Phi) is 4.28. The maximum Gasteiger partial charge on any atom is 0.0433 e. The second-order valence-corrected chi connectivity index (χ2v) is 5.73. The first kappa shape index (κ1) is 13.4. The highest BCUT2D eigenvalue weighted by molar-refractivity contribution is 5.61. The lowest BCUT2D eigenvalue weighted by molar-refractivity contribution is 0.615. The van der Waals surface area contributed by atoms with Crippen LogP contribution in [-0.4, -0.2) is 19.1 Å². The summed E-state index contributed by atoms with van der Waals surface area (Å²) in [4.78, 5) is 2.61. The molecule has 2 rings (SSSR count). The molecule has 1 aliphatic heterocycles. The summed E-state index contributed by atoms with van der Waals surface area (Å²) in [6.45, 7) is 8.79. The van der Waals surface area contributed by atoms with Gasteiger partial charge in [0.25, 0.3) is 0 Å². The maximum atomic E-state index is 5.76. The zero-order valence-electron chi connectivity index (χ0n) is 11.9. The summed E-state index contributed by atoms with van der Waals surface area (Å²) in [7, 11) is 0. The summed E-state index contributed by atoms with van der Waals surface area (Å²) in [6.07, 6.45) is 3.71. The molecular weight excluding hydrogens is 220 g/mol. The molecule has 100 valence electrons. The first-order chi connectivity index (χ1) is 8.65. The van der Waals surface area contributed by atoms with Gasteiger partial charge >= 0.3 is 0 Å². The number of anilines is 1. The van der Waals surface area contributed by atoms with Crippen molar-refractivity contribution in [3.63, 3.8) is 0 Å². The lowest BCUT2D eigenvalue weighted by Gasteiger charge is -2.31. The number of nitrogens with two attached hydrogens (primary N) is 1. The van der Waals surface area contributed by atoms with E-state index in [0.717, 1.165) is 13.0 Å². The van der Waals surface area contributed by atoms with Crippen LogP contribution in [0.4, 0.5) is 5.69 Å². The van der Waals surface area contributed by atoms with E-state index in [1.165, 1.54) is 36.2 Å². The van der Waals surface area contributed by atoms with Crippen molar-refractivity contribution < 1.29 is 0 Å². The SMILES string of the molecule is Cc1cccc(C(C)C)c1N1CCCC1CCN. The van der Waals surface area contributed by atoms with E-state index in [9.17, 15) is 0 Å². The van der Waals surface area contributed by atoms with Gasteiger partial charge in [-0.25, -0.2) is 0 Å². The minimum atomic E-state index is 0.582. The monoisotopic (exact) mass is 246 g/mol. The van der Waals surface area contributed by atoms with Crippen molar-refractivity contribution in [3.05, 3.63) is 29.3 Å². The van der Waals surface area contributed by atoms with Crippen molar-refractivity contribution in [1.82, 2.24) is 0 Å². The van der Waals surface area contributed by atoms with E-state index in [0.29, 0.717) is 12.0 Å². The molecule has 0 bridgehead atoms. The first-order valence-electron chi connectivity index (χ1n) is 7.21. The number of aryl methyl sites for hydroxylation is 1. The molecule has 0 aliphatic carbocycles. The van der Waals surface area contributed by atoms with Gasteiger partial charge in [-0.15, -0.1) is 0 Å². The molecule has 2 N–H and O–H groups in total. The first-order valence-corrected chi connectivity index (χ1v) is 7.21. The zero-order valence-corrected chi connectivity index (χ0v) is 11.9. The Morgan fingerprint density at radius 1 is 1.39 bits per heavy atom. The van der Waals surface area contributed by atoms with Crippen molar-refractivity contribution >= 4 is 5.69 Å². The van der Waals surface area contributed by atoms with Crippen LogP contribution < -0.4 is 10.6 Å². The normalized spacial score (nSPS) is 19.8.